The van der Waals surface area contributed by atoms with Gasteiger partial charge >= 0.3 is 0 Å². The van der Waals surface area contributed by atoms with Crippen LogP contribution in [0.25, 0.3) is 17.1 Å². The molecule has 5 N–H and O–H groups in total. The van der Waals surface area contributed by atoms with Crippen LogP contribution in [0.15, 0.2) is 48.5 Å². The van der Waals surface area contributed by atoms with E-state index in [1.54, 1.807) is 6.07 Å². The van der Waals surface area contributed by atoms with E-state index in [2.05, 4.69) is 43.8 Å². The Kier molecular flexibility index (Phi) is 5.73. The molecule has 4 aromatic rings. The highest BCUT2D eigenvalue weighted by molar-refractivity contribution is 5.68. The third-order valence-corrected chi connectivity index (χ3v) is 6.96. The summed E-state index contributed by atoms with van der Waals surface area (Å²) in [4.78, 5) is 6.33. The topological polar surface area (TPSA) is 124 Å². The van der Waals surface area contributed by atoms with Gasteiger partial charge in [-0.05, 0) is 67.5 Å². The molecule has 1 aliphatic carbocycles. The molecule has 1 fully saturated rings. The zero-order chi connectivity index (χ0) is 24.6. The average Bonchev–Trinajstić information content (AvgIpc) is 3.14. The van der Waals surface area contributed by atoms with Crippen molar-refractivity contribution >= 4 is 23.3 Å². The van der Waals surface area contributed by atoms with Crippen LogP contribution in [-0.4, -0.2) is 44.1 Å². The SMILES string of the molecule is Nc1nc(Nc2ccc(N3CCC(N)CC3)c(F)c2)nn1-c1cc2c(nn1)-c1ccccc1CCC2. The molecule has 184 valence electrons. The smallest absolute Gasteiger partial charge is 0.248 e. The van der Waals surface area contributed by atoms with Gasteiger partial charge in [-0.1, -0.05) is 24.3 Å². The Hall–Kier alpha value is -4.05. The van der Waals surface area contributed by atoms with Crippen molar-refractivity contribution in [1.82, 2.24) is 25.0 Å². The van der Waals surface area contributed by atoms with Gasteiger partial charge in [0.25, 0.3) is 0 Å². The normalized spacial score (nSPS) is 15.8. The molecule has 3 heterocycles. The summed E-state index contributed by atoms with van der Waals surface area (Å²) < 4.78 is 16.3. The number of anilines is 4. The van der Waals surface area contributed by atoms with Gasteiger partial charge in [0, 0.05) is 30.4 Å². The quantitative estimate of drug-likeness (QED) is 0.401. The van der Waals surface area contributed by atoms with Gasteiger partial charge in [0.1, 0.15) is 5.82 Å². The Labute approximate surface area is 208 Å². The first kappa shape index (κ1) is 22.4. The Bertz CT molecular complexity index is 1410. The molecule has 0 spiro atoms. The van der Waals surface area contributed by atoms with Crippen LogP contribution in [0.1, 0.15) is 30.4 Å². The van der Waals surface area contributed by atoms with Crippen LogP contribution in [0.3, 0.4) is 0 Å². The van der Waals surface area contributed by atoms with Crippen molar-refractivity contribution in [2.75, 3.05) is 29.0 Å². The van der Waals surface area contributed by atoms with E-state index in [1.807, 2.05) is 23.1 Å². The molecule has 9 nitrogen and oxygen atoms in total. The Morgan fingerprint density at radius 1 is 0.972 bits per heavy atom. The first-order chi connectivity index (χ1) is 17.5. The first-order valence-corrected chi connectivity index (χ1v) is 12.3. The molecule has 2 aromatic heterocycles. The lowest BCUT2D eigenvalue weighted by Gasteiger charge is -2.32. The van der Waals surface area contributed by atoms with E-state index in [9.17, 15) is 4.39 Å². The molecule has 10 heteroatoms. The van der Waals surface area contributed by atoms with Gasteiger partial charge in [-0.25, -0.2) is 4.39 Å². The predicted octanol–water partition coefficient (Wildman–Crippen LogP) is 3.61. The van der Waals surface area contributed by atoms with E-state index in [-0.39, 0.29) is 23.8 Å². The first-order valence-electron chi connectivity index (χ1n) is 12.3. The van der Waals surface area contributed by atoms with E-state index in [0.717, 1.165) is 62.0 Å². The predicted molar refractivity (Wildman–Crippen MR) is 138 cm³/mol. The fourth-order valence-corrected chi connectivity index (χ4v) is 5.03. The van der Waals surface area contributed by atoms with E-state index in [4.69, 9.17) is 11.5 Å². The van der Waals surface area contributed by atoms with Crippen molar-refractivity contribution in [2.24, 2.45) is 5.73 Å². The third-order valence-electron chi connectivity index (χ3n) is 6.96. The molecule has 2 aliphatic rings. The van der Waals surface area contributed by atoms with Crippen LogP contribution in [-0.2, 0) is 12.8 Å². The van der Waals surface area contributed by atoms with E-state index in [1.165, 1.54) is 16.3 Å². The number of aryl methyl sites for hydroxylation is 2. The summed E-state index contributed by atoms with van der Waals surface area (Å²) in [5, 5.41) is 16.4. The van der Waals surface area contributed by atoms with Crippen LogP contribution in [0.5, 0.6) is 0 Å². The molecule has 0 amide bonds. The van der Waals surface area contributed by atoms with Gasteiger partial charge in [0.15, 0.2) is 5.82 Å². The lowest BCUT2D eigenvalue weighted by atomic mass is 10.0. The third kappa shape index (κ3) is 4.24. The summed E-state index contributed by atoms with van der Waals surface area (Å²) in [6.45, 7) is 1.50. The molecular formula is C26H28FN9. The van der Waals surface area contributed by atoms with Gasteiger partial charge in [-0.3, -0.25) is 0 Å². The maximum absolute atomic E-state index is 14.9. The van der Waals surface area contributed by atoms with Crippen molar-refractivity contribution < 1.29 is 4.39 Å². The number of piperidine rings is 1. The van der Waals surface area contributed by atoms with Crippen LogP contribution in [0.2, 0.25) is 0 Å². The summed E-state index contributed by atoms with van der Waals surface area (Å²) in [6, 6.07) is 15.5. The van der Waals surface area contributed by atoms with Gasteiger partial charge in [-0.2, -0.15) is 9.67 Å². The zero-order valence-corrected chi connectivity index (χ0v) is 19.9. The van der Waals surface area contributed by atoms with Crippen molar-refractivity contribution in [2.45, 2.75) is 38.1 Å². The fourth-order valence-electron chi connectivity index (χ4n) is 5.03. The number of hydrogen-bond acceptors (Lipinski definition) is 8. The summed E-state index contributed by atoms with van der Waals surface area (Å²) in [5.41, 5.74) is 17.7. The second-order valence-corrected chi connectivity index (χ2v) is 9.41. The maximum Gasteiger partial charge on any atom is 0.248 e. The number of aromatic nitrogens is 5. The number of benzene rings is 2. The van der Waals surface area contributed by atoms with E-state index in [0.29, 0.717) is 17.2 Å². The van der Waals surface area contributed by atoms with E-state index >= 15 is 0 Å². The lowest BCUT2D eigenvalue weighted by molar-refractivity contribution is 0.494. The molecule has 1 aliphatic heterocycles. The average molecular weight is 486 g/mol. The number of nitrogens with one attached hydrogen (secondary N) is 1. The Morgan fingerprint density at radius 2 is 1.78 bits per heavy atom. The second kappa shape index (κ2) is 9.19. The van der Waals surface area contributed by atoms with Gasteiger partial charge < -0.3 is 21.7 Å². The second-order valence-electron chi connectivity index (χ2n) is 9.41. The molecule has 6 rings (SSSR count). The number of halogens is 1. The largest absolute Gasteiger partial charge is 0.369 e. The number of rotatable bonds is 4. The van der Waals surface area contributed by atoms with Crippen LogP contribution < -0.4 is 21.7 Å². The maximum atomic E-state index is 14.9. The van der Waals surface area contributed by atoms with Crippen molar-refractivity contribution in [1.29, 1.82) is 0 Å². The van der Waals surface area contributed by atoms with Crippen molar-refractivity contribution in [3.8, 4) is 17.1 Å². The molecule has 36 heavy (non-hydrogen) atoms. The highest BCUT2D eigenvalue weighted by Crippen LogP contribution is 2.31. The van der Waals surface area contributed by atoms with Crippen molar-refractivity contribution in [3.63, 3.8) is 0 Å². The van der Waals surface area contributed by atoms with Crippen LogP contribution in [0.4, 0.5) is 27.7 Å². The molecule has 2 aromatic carbocycles. The zero-order valence-electron chi connectivity index (χ0n) is 19.9. The van der Waals surface area contributed by atoms with Crippen LogP contribution in [0, 0.1) is 5.82 Å². The summed E-state index contributed by atoms with van der Waals surface area (Å²) in [7, 11) is 0. The van der Waals surface area contributed by atoms with Crippen LogP contribution >= 0.6 is 0 Å². The fraction of sp³-hybridized carbons (Fsp3) is 0.308. The number of nitrogens with zero attached hydrogens (tertiary/aromatic N) is 6. The summed E-state index contributed by atoms with van der Waals surface area (Å²) in [5.74, 6) is 0.615. The molecular weight excluding hydrogens is 457 g/mol. The highest BCUT2D eigenvalue weighted by Gasteiger charge is 2.21. The Morgan fingerprint density at radius 3 is 2.61 bits per heavy atom. The minimum Gasteiger partial charge on any atom is -0.369 e. The number of hydrogen-bond donors (Lipinski definition) is 3. The highest BCUT2D eigenvalue weighted by atomic mass is 19.1. The van der Waals surface area contributed by atoms with Gasteiger partial charge in [-0.15, -0.1) is 15.3 Å². The van der Waals surface area contributed by atoms with Crippen molar-refractivity contribution in [3.05, 3.63) is 65.5 Å². The number of fused-ring (bicyclic) bond motifs is 3. The monoisotopic (exact) mass is 485 g/mol. The molecule has 0 radical (unpaired) electrons. The van der Waals surface area contributed by atoms with Gasteiger partial charge in [0.2, 0.25) is 11.9 Å². The molecule has 0 bridgehead atoms. The minimum absolute atomic E-state index is 0.169. The lowest BCUT2D eigenvalue weighted by Crippen LogP contribution is -2.40. The molecule has 0 atom stereocenters. The number of nitrogen functional groups attached to an aromatic ring is 1. The summed E-state index contributed by atoms with van der Waals surface area (Å²) in [6.07, 6.45) is 4.64. The molecule has 0 saturated carbocycles. The van der Waals surface area contributed by atoms with E-state index < -0.39 is 0 Å². The molecule has 0 unspecified atom stereocenters. The number of nitrogens with two attached hydrogens (primary N) is 2. The molecule has 1 saturated heterocycles. The van der Waals surface area contributed by atoms with Gasteiger partial charge in [0.05, 0.1) is 11.4 Å². The Balaban J connectivity index is 1.23. The minimum atomic E-state index is -0.306. The summed E-state index contributed by atoms with van der Waals surface area (Å²) >= 11 is 0. The standard InChI is InChI=1S/C26H28FN9/c27-21-15-19(8-9-22(21)35-12-10-18(28)11-13-35)30-26-31-25(29)36(34-26)23-14-17-6-3-5-16-4-1-2-7-20(16)24(17)33-32-23/h1-2,4,7-9,14-15,18H,3,5-6,10-13,28H2,(H3,29,30,31,34).